The number of thioether (sulfide) groups is 1. The first kappa shape index (κ1) is 20.5. The third-order valence-corrected chi connectivity index (χ3v) is 6.80. The molecule has 0 saturated carbocycles. The fourth-order valence-electron chi connectivity index (χ4n) is 3.69. The van der Waals surface area contributed by atoms with Crippen molar-refractivity contribution in [2.75, 3.05) is 38.5 Å². The summed E-state index contributed by atoms with van der Waals surface area (Å²) in [5, 5.41) is 2.61. The lowest BCUT2D eigenvalue weighted by molar-refractivity contribution is -0.141. The Balaban J connectivity index is 1.58. The van der Waals surface area contributed by atoms with E-state index in [1.54, 1.807) is 11.8 Å². The summed E-state index contributed by atoms with van der Waals surface area (Å²) in [6, 6.07) is 7.42. The van der Waals surface area contributed by atoms with Crippen molar-refractivity contribution in [2.45, 2.75) is 31.6 Å². The van der Waals surface area contributed by atoms with Crippen molar-refractivity contribution < 1.29 is 19.1 Å². The lowest BCUT2D eigenvalue weighted by Gasteiger charge is -2.44. The predicted molar refractivity (Wildman–Crippen MR) is 108 cm³/mol. The van der Waals surface area contributed by atoms with Gasteiger partial charge in [-0.3, -0.25) is 9.59 Å². The maximum absolute atomic E-state index is 13.1. The van der Waals surface area contributed by atoms with E-state index in [-0.39, 0.29) is 23.4 Å². The summed E-state index contributed by atoms with van der Waals surface area (Å²) in [6.07, 6.45) is 1.45. The van der Waals surface area contributed by atoms with Crippen molar-refractivity contribution in [2.24, 2.45) is 0 Å². The van der Waals surface area contributed by atoms with E-state index in [1.807, 2.05) is 47.9 Å². The van der Waals surface area contributed by atoms with E-state index in [9.17, 15) is 14.4 Å². The topological polar surface area (TPSA) is 79.0 Å². The van der Waals surface area contributed by atoms with Crippen LogP contribution in [0.2, 0.25) is 0 Å². The molecule has 2 aliphatic heterocycles. The Morgan fingerprint density at radius 2 is 1.82 bits per heavy atom. The number of nitrogens with one attached hydrogen (secondary N) is 1. The summed E-state index contributed by atoms with van der Waals surface area (Å²) < 4.78 is 4.83. The fourth-order valence-corrected chi connectivity index (χ4v) is 5.15. The Kier molecular flexibility index (Phi) is 6.49. The standard InChI is InChI=1S/C20H27N3O4S/c1-3-27-17(24)14-21-19(26)22-10-8-20(9-11-22)23(12-13-28-20)18(25)16-6-4-15(2)5-7-16/h4-7H,3,8-14H2,1-2H3,(H,21,26). The van der Waals surface area contributed by atoms with Gasteiger partial charge >= 0.3 is 12.0 Å². The second kappa shape index (κ2) is 8.86. The minimum Gasteiger partial charge on any atom is -0.465 e. The number of aryl methyl sites for hydroxylation is 1. The smallest absolute Gasteiger partial charge is 0.325 e. The summed E-state index contributed by atoms with van der Waals surface area (Å²) in [7, 11) is 0. The van der Waals surface area contributed by atoms with Gasteiger partial charge in [0.15, 0.2) is 0 Å². The summed E-state index contributed by atoms with van der Waals surface area (Å²) in [5.74, 6) is 0.530. The number of carbonyl (C=O) groups excluding carboxylic acids is 3. The number of carbonyl (C=O) groups is 3. The van der Waals surface area contributed by atoms with Crippen molar-refractivity contribution in [1.82, 2.24) is 15.1 Å². The van der Waals surface area contributed by atoms with Crippen molar-refractivity contribution in [3.8, 4) is 0 Å². The molecule has 1 N–H and O–H groups in total. The molecule has 0 unspecified atom stereocenters. The van der Waals surface area contributed by atoms with E-state index in [0.29, 0.717) is 25.3 Å². The van der Waals surface area contributed by atoms with Gasteiger partial charge in [0.2, 0.25) is 0 Å². The Morgan fingerprint density at radius 1 is 1.14 bits per heavy atom. The molecule has 8 heteroatoms. The van der Waals surface area contributed by atoms with Crippen LogP contribution in [0.25, 0.3) is 0 Å². The number of piperidine rings is 1. The molecule has 0 aromatic heterocycles. The molecule has 0 aliphatic carbocycles. The molecule has 152 valence electrons. The molecule has 0 radical (unpaired) electrons. The molecular weight excluding hydrogens is 378 g/mol. The van der Waals surface area contributed by atoms with Gasteiger partial charge in [-0.25, -0.2) is 4.79 Å². The van der Waals surface area contributed by atoms with Crippen LogP contribution in [0.5, 0.6) is 0 Å². The van der Waals surface area contributed by atoms with E-state index in [0.717, 1.165) is 30.7 Å². The molecule has 1 aromatic carbocycles. The minimum absolute atomic E-state index is 0.0604. The number of ether oxygens (including phenoxy) is 1. The van der Waals surface area contributed by atoms with E-state index in [4.69, 9.17) is 4.74 Å². The van der Waals surface area contributed by atoms with Crippen molar-refractivity contribution >= 4 is 29.7 Å². The third-order valence-electron chi connectivity index (χ3n) is 5.24. The van der Waals surface area contributed by atoms with Crippen LogP contribution in [0.3, 0.4) is 0 Å². The van der Waals surface area contributed by atoms with E-state index in [2.05, 4.69) is 5.32 Å². The number of urea groups is 1. The molecule has 2 heterocycles. The van der Waals surface area contributed by atoms with Gasteiger partial charge in [-0.1, -0.05) is 17.7 Å². The third kappa shape index (κ3) is 4.43. The monoisotopic (exact) mass is 405 g/mol. The molecule has 2 saturated heterocycles. The van der Waals surface area contributed by atoms with Crippen LogP contribution in [0.15, 0.2) is 24.3 Å². The quantitative estimate of drug-likeness (QED) is 0.778. The molecule has 0 bridgehead atoms. The molecule has 0 atom stereocenters. The zero-order valence-electron chi connectivity index (χ0n) is 16.4. The summed E-state index contributed by atoms with van der Waals surface area (Å²) in [6.45, 7) is 5.74. The van der Waals surface area contributed by atoms with Gasteiger partial charge in [-0.15, -0.1) is 11.8 Å². The van der Waals surface area contributed by atoms with Crippen molar-refractivity contribution in [3.05, 3.63) is 35.4 Å². The van der Waals surface area contributed by atoms with Crippen LogP contribution in [-0.4, -0.2) is 71.1 Å². The van der Waals surface area contributed by atoms with Crippen LogP contribution in [0, 0.1) is 6.92 Å². The highest BCUT2D eigenvalue weighted by molar-refractivity contribution is 8.00. The Morgan fingerprint density at radius 3 is 2.46 bits per heavy atom. The summed E-state index contributed by atoms with van der Waals surface area (Å²) in [4.78, 5) is 40.2. The van der Waals surface area contributed by atoms with Crippen LogP contribution >= 0.6 is 11.8 Å². The van der Waals surface area contributed by atoms with Crippen molar-refractivity contribution in [3.63, 3.8) is 0 Å². The molecule has 7 nitrogen and oxygen atoms in total. The van der Waals surface area contributed by atoms with Gasteiger partial charge in [0.1, 0.15) is 6.54 Å². The van der Waals surface area contributed by atoms with Crippen LogP contribution in [-0.2, 0) is 9.53 Å². The molecule has 2 fully saturated rings. The summed E-state index contributed by atoms with van der Waals surface area (Å²) in [5.41, 5.74) is 1.84. The molecule has 28 heavy (non-hydrogen) atoms. The number of hydrogen-bond acceptors (Lipinski definition) is 5. The van der Waals surface area contributed by atoms with Gasteiger partial charge in [0.05, 0.1) is 11.5 Å². The maximum atomic E-state index is 13.1. The number of nitrogens with zero attached hydrogens (tertiary/aromatic N) is 2. The minimum atomic E-state index is -0.439. The molecule has 2 aliphatic rings. The highest BCUT2D eigenvalue weighted by Gasteiger charge is 2.47. The number of amides is 3. The van der Waals surface area contributed by atoms with Gasteiger partial charge in [0.25, 0.3) is 5.91 Å². The molecule has 3 amide bonds. The zero-order chi connectivity index (χ0) is 20.1. The maximum Gasteiger partial charge on any atom is 0.325 e. The number of hydrogen-bond donors (Lipinski definition) is 1. The first-order valence-corrected chi connectivity index (χ1v) is 10.6. The number of rotatable bonds is 4. The summed E-state index contributed by atoms with van der Waals surface area (Å²) >= 11 is 1.81. The van der Waals surface area contributed by atoms with E-state index < -0.39 is 5.97 Å². The molecule has 1 spiro atoms. The van der Waals surface area contributed by atoms with Crippen molar-refractivity contribution in [1.29, 1.82) is 0 Å². The predicted octanol–water partition coefficient (Wildman–Crippen LogP) is 2.25. The van der Waals surface area contributed by atoms with E-state index in [1.165, 1.54) is 0 Å². The lowest BCUT2D eigenvalue weighted by Crippen LogP contribution is -2.55. The zero-order valence-corrected chi connectivity index (χ0v) is 17.2. The Bertz CT molecular complexity index is 729. The van der Waals surface area contributed by atoms with Crippen LogP contribution in [0.4, 0.5) is 4.79 Å². The van der Waals surface area contributed by atoms with Gasteiger partial charge in [-0.2, -0.15) is 0 Å². The number of benzene rings is 1. The van der Waals surface area contributed by atoms with Gasteiger partial charge in [-0.05, 0) is 38.8 Å². The van der Waals surface area contributed by atoms with Gasteiger partial charge in [0, 0.05) is 31.0 Å². The fraction of sp³-hybridized carbons (Fsp3) is 0.550. The van der Waals surface area contributed by atoms with Crippen LogP contribution < -0.4 is 5.32 Å². The first-order chi connectivity index (χ1) is 13.4. The number of likely N-dealkylation sites (tertiary alicyclic amines) is 1. The number of esters is 1. The highest BCUT2D eigenvalue weighted by Crippen LogP contribution is 2.44. The largest absolute Gasteiger partial charge is 0.465 e. The van der Waals surface area contributed by atoms with Gasteiger partial charge < -0.3 is 19.9 Å². The normalized spacial score (nSPS) is 18.2. The second-order valence-corrected chi connectivity index (χ2v) is 8.53. The second-order valence-electron chi connectivity index (χ2n) is 7.07. The molecular formula is C20H27N3O4S. The van der Waals surface area contributed by atoms with E-state index >= 15 is 0 Å². The average Bonchev–Trinajstić information content (AvgIpc) is 3.10. The Labute approximate surface area is 169 Å². The molecule has 1 aromatic rings. The first-order valence-electron chi connectivity index (χ1n) is 9.66. The Hall–Kier alpha value is -2.22. The lowest BCUT2D eigenvalue weighted by atomic mass is 10.0. The van der Waals surface area contributed by atoms with Crippen LogP contribution in [0.1, 0.15) is 35.7 Å². The molecule has 3 rings (SSSR count). The highest BCUT2D eigenvalue weighted by atomic mass is 32.2. The SMILES string of the molecule is CCOC(=O)CNC(=O)N1CCC2(CC1)SCCN2C(=O)c1ccc(C)cc1. The average molecular weight is 406 g/mol.